The van der Waals surface area contributed by atoms with Crippen LogP contribution in [0.3, 0.4) is 0 Å². The van der Waals surface area contributed by atoms with Crippen molar-refractivity contribution in [3.05, 3.63) is 23.3 Å². The molecule has 0 spiro atoms. The Labute approximate surface area is 162 Å². The van der Waals surface area contributed by atoms with Crippen molar-refractivity contribution in [1.29, 1.82) is 0 Å². The molecule has 146 valence electrons. The molecule has 0 aromatic heterocycles. The quantitative estimate of drug-likeness (QED) is 0.148. The molecule has 0 aliphatic carbocycles. The molecule has 2 heteroatoms. The van der Waals surface area contributed by atoms with Crippen LogP contribution in [0.1, 0.15) is 87.0 Å². The van der Waals surface area contributed by atoms with E-state index in [0.29, 0.717) is 0 Å². The SMILES string of the molecule is CCC[CH2][Sn]([CH2]/C=C(/C)C(C)C(=O)C=C(C)C)([CH2]CCC)[CH2]CCC. The maximum absolute atomic E-state index is 12.3. The molecular formula is C23H44OSn. The van der Waals surface area contributed by atoms with E-state index in [1.165, 1.54) is 48.5 Å². The van der Waals surface area contributed by atoms with Gasteiger partial charge in [-0.2, -0.15) is 0 Å². The van der Waals surface area contributed by atoms with Crippen LogP contribution < -0.4 is 0 Å². The van der Waals surface area contributed by atoms with Crippen molar-refractivity contribution in [2.45, 2.75) is 105 Å². The van der Waals surface area contributed by atoms with E-state index in [0.717, 1.165) is 5.57 Å². The second-order valence-electron chi connectivity index (χ2n) is 8.31. The van der Waals surface area contributed by atoms with Crippen molar-refractivity contribution >= 4 is 24.2 Å². The van der Waals surface area contributed by atoms with Gasteiger partial charge in [0.15, 0.2) is 0 Å². The van der Waals surface area contributed by atoms with Gasteiger partial charge in [0.2, 0.25) is 0 Å². The van der Waals surface area contributed by atoms with Crippen molar-refractivity contribution in [3.63, 3.8) is 0 Å². The van der Waals surface area contributed by atoms with E-state index in [2.05, 4.69) is 40.7 Å². The summed E-state index contributed by atoms with van der Waals surface area (Å²) in [4.78, 5) is 12.3. The van der Waals surface area contributed by atoms with Crippen LogP contribution >= 0.6 is 0 Å². The second kappa shape index (κ2) is 14.1. The fourth-order valence-electron chi connectivity index (χ4n) is 3.52. The number of carbonyl (C=O) groups excluding carboxylic acids is 1. The zero-order valence-corrected chi connectivity index (χ0v) is 21.1. The first-order valence-corrected chi connectivity index (χ1v) is 18.7. The first-order valence-electron chi connectivity index (χ1n) is 10.7. The number of hydrogen-bond acceptors (Lipinski definition) is 1. The van der Waals surface area contributed by atoms with E-state index in [4.69, 9.17) is 0 Å². The summed E-state index contributed by atoms with van der Waals surface area (Å²) in [6.45, 7) is 15.3. The summed E-state index contributed by atoms with van der Waals surface area (Å²) in [5.74, 6) is 0.313. The first kappa shape index (κ1) is 24.9. The Hall–Kier alpha value is -0.0513. The molecule has 1 nitrogen and oxygen atoms in total. The summed E-state index contributed by atoms with van der Waals surface area (Å²) in [5.41, 5.74) is 2.40. The Bertz CT molecular complexity index is 408. The van der Waals surface area contributed by atoms with Crippen molar-refractivity contribution in [3.8, 4) is 0 Å². The molecule has 0 aliphatic rings. The average molecular weight is 455 g/mol. The molecule has 0 aromatic carbocycles. The third-order valence-electron chi connectivity index (χ3n) is 5.58. The van der Waals surface area contributed by atoms with E-state index in [9.17, 15) is 4.79 Å². The normalized spacial score (nSPS) is 13.6. The Balaban J connectivity index is 5.22. The van der Waals surface area contributed by atoms with Gasteiger partial charge < -0.3 is 0 Å². The van der Waals surface area contributed by atoms with Crippen LogP contribution in [0.2, 0.25) is 17.7 Å². The topological polar surface area (TPSA) is 17.1 Å². The second-order valence-corrected chi connectivity index (χ2v) is 22.3. The van der Waals surface area contributed by atoms with E-state index in [1.54, 1.807) is 13.3 Å². The van der Waals surface area contributed by atoms with Gasteiger partial charge in [-0.05, 0) is 0 Å². The van der Waals surface area contributed by atoms with Crippen LogP contribution in [-0.4, -0.2) is 24.2 Å². The van der Waals surface area contributed by atoms with Crippen molar-refractivity contribution in [1.82, 2.24) is 0 Å². The van der Waals surface area contributed by atoms with Gasteiger partial charge in [0.25, 0.3) is 0 Å². The van der Waals surface area contributed by atoms with Gasteiger partial charge in [0, 0.05) is 0 Å². The zero-order valence-electron chi connectivity index (χ0n) is 18.2. The Morgan fingerprint density at radius 3 is 1.68 bits per heavy atom. The van der Waals surface area contributed by atoms with Crippen LogP contribution in [-0.2, 0) is 4.79 Å². The molecule has 0 amide bonds. The Morgan fingerprint density at radius 2 is 1.32 bits per heavy atom. The summed E-state index contributed by atoms with van der Waals surface area (Å²) < 4.78 is 5.99. The zero-order chi connectivity index (χ0) is 19.3. The minimum absolute atomic E-state index is 0.0439. The maximum atomic E-state index is 12.3. The number of ketones is 1. The number of unbranched alkanes of at least 4 members (excludes halogenated alkanes) is 3. The third-order valence-corrected chi connectivity index (χ3v) is 20.7. The molecule has 0 saturated heterocycles. The van der Waals surface area contributed by atoms with Crippen LogP contribution in [0.15, 0.2) is 23.3 Å². The summed E-state index contributed by atoms with van der Waals surface area (Å²) in [6.07, 6.45) is 12.5. The Morgan fingerprint density at radius 1 is 0.880 bits per heavy atom. The van der Waals surface area contributed by atoms with E-state index < -0.39 is 18.4 Å². The summed E-state index contributed by atoms with van der Waals surface area (Å²) in [5, 5.41) is 0. The van der Waals surface area contributed by atoms with Crippen LogP contribution in [0.25, 0.3) is 0 Å². The molecular weight excluding hydrogens is 411 g/mol. The monoisotopic (exact) mass is 456 g/mol. The first-order chi connectivity index (χ1) is 11.8. The van der Waals surface area contributed by atoms with Gasteiger partial charge >= 0.3 is 163 Å². The standard InChI is InChI=1S/C11H17O.3C4H9.Sn/c1-6-9(4)10(5)11(12)7-8(2)3;3*1-3-4-2;/h6-7,10H,1H2,2-5H3;3*1,3-4H2,2H3;/b9-6-;;;;. The molecule has 0 fully saturated rings. The predicted molar refractivity (Wildman–Crippen MR) is 117 cm³/mol. The number of allylic oxidation sites excluding steroid dienone is 4. The van der Waals surface area contributed by atoms with Crippen molar-refractivity contribution in [2.75, 3.05) is 0 Å². The molecule has 0 bridgehead atoms. The van der Waals surface area contributed by atoms with Gasteiger partial charge in [-0.15, -0.1) is 0 Å². The third kappa shape index (κ3) is 10.6. The summed E-state index contributed by atoms with van der Waals surface area (Å²) >= 11 is -2.10. The fourth-order valence-corrected chi connectivity index (χ4v) is 19.0. The number of hydrogen-bond donors (Lipinski definition) is 0. The average Bonchev–Trinajstić information content (AvgIpc) is 2.58. The van der Waals surface area contributed by atoms with Gasteiger partial charge in [0.05, 0.1) is 0 Å². The van der Waals surface area contributed by atoms with Gasteiger partial charge in [-0.1, -0.05) is 0 Å². The molecule has 0 aliphatic heterocycles. The van der Waals surface area contributed by atoms with Gasteiger partial charge in [0.1, 0.15) is 0 Å². The van der Waals surface area contributed by atoms with E-state index >= 15 is 0 Å². The van der Waals surface area contributed by atoms with E-state index in [1.807, 2.05) is 19.9 Å². The molecule has 0 saturated carbocycles. The number of rotatable bonds is 14. The molecule has 0 N–H and O–H groups in total. The molecule has 0 heterocycles. The van der Waals surface area contributed by atoms with Crippen molar-refractivity contribution in [2.24, 2.45) is 5.92 Å². The van der Waals surface area contributed by atoms with Crippen LogP contribution in [0.4, 0.5) is 0 Å². The van der Waals surface area contributed by atoms with Crippen LogP contribution in [0, 0.1) is 5.92 Å². The van der Waals surface area contributed by atoms with Gasteiger partial charge in [-0.3, -0.25) is 0 Å². The summed E-state index contributed by atoms with van der Waals surface area (Å²) in [6, 6.07) is 0. The molecule has 0 rings (SSSR count). The van der Waals surface area contributed by atoms with Crippen LogP contribution in [0.5, 0.6) is 0 Å². The van der Waals surface area contributed by atoms with Crippen molar-refractivity contribution < 1.29 is 4.79 Å². The Kier molecular flexibility index (Phi) is 14.0. The predicted octanol–water partition coefficient (Wildman–Crippen LogP) is 7.95. The number of carbonyl (C=O) groups is 1. The molecule has 0 aromatic rings. The molecule has 1 unspecified atom stereocenters. The van der Waals surface area contributed by atoms with E-state index in [-0.39, 0.29) is 11.7 Å². The summed E-state index contributed by atoms with van der Waals surface area (Å²) in [7, 11) is 0. The molecule has 0 radical (unpaired) electrons. The fraction of sp³-hybridized carbons (Fsp3) is 0.783. The molecule has 1 atom stereocenters. The van der Waals surface area contributed by atoms with Gasteiger partial charge in [-0.25, -0.2) is 0 Å². The molecule has 25 heavy (non-hydrogen) atoms. The minimum atomic E-state index is -2.10.